The molecule has 2 N–H and O–H groups in total. The minimum atomic E-state index is -0.470. The minimum absolute atomic E-state index is 0. The first-order chi connectivity index (χ1) is 10.2. The van der Waals surface area contributed by atoms with Gasteiger partial charge in [-0.2, -0.15) is 0 Å². The van der Waals surface area contributed by atoms with E-state index >= 15 is 0 Å². The zero-order chi connectivity index (χ0) is 15.5. The number of aryl methyl sites for hydroxylation is 1. The van der Waals surface area contributed by atoms with E-state index in [0.717, 1.165) is 18.6 Å². The SMILES string of the molecule is CCc1ccc(OCCOCC(O)CNC(C)CC)cc1.Cl. The third-order valence-corrected chi connectivity index (χ3v) is 3.45. The van der Waals surface area contributed by atoms with Crippen molar-refractivity contribution in [2.75, 3.05) is 26.4 Å². The Kier molecular flexibility index (Phi) is 12.2. The van der Waals surface area contributed by atoms with E-state index in [4.69, 9.17) is 9.47 Å². The van der Waals surface area contributed by atoms with Gasteiger partial charge in [0.2, 0.25) is 0 Å². The smallest absolute Gasteiger partial charge is 0.119 e. The molecule has 22 heavy (non-hydrogen) atoms. The molecule has 1 aromatic carbocycles. The van der Waals surface area contributed by atoms with Crippen LogP contribution < -0.4 is 10.1 Å². The highest BCUT2D eigenvalue weighted by molar-refractivity contribution is 5.85. The average molecular weight is 332 g/mol. The van der Waals surface area contributed by atoms with Gasteiger partial charge in [-0.15, -0.1) is 12.4 Å². The zero-order valence-electron chi connectivity index (χ0n) is 13.9. The maximum atomic E-state index is 9.74. The van der Waals surface area contributed by atoms with E-state index in [1.807, 2.05) is 12.1 Å². The van der Waals surface area contributed by atoms with E-state index in [2.05, 4.69) is 38.2 Å². The van der Waals surface area contributed by atoms with E-state index in [9.17, 15) is 5.11 Å². The second kappa shape index (κ2) is 12.7. The number of aliphatic hydroxyl groups is 1. The van der Waals surface area contributed by atoms with Gasteiger partial charge in [-0.25, -0.2) is 0 Å². The van der Waals surface area contributed by atoms with Crippen LogP contribution in [0.2, 0.25) is 0 Å². The van der Waals surface area contributed by atoms with E-state index < -0.39 is 6.10 Å². The molecule has 4 nitrogen and oxygen atoms in total. The van der Waals surface area contributed by atoms with E-state index in [0.29, 0.717) is 32.4 Å². The van der Waals surface area contributed by atoms with Crippen LogP contribution >= 0.6 is 12.4 Å². The molecule has 0 aliphatic heterocycles. The normalized spacial score (nSPS) is 13.3. The molecule has 2 unspecified atom stereocenters. The molecule has 5 heteroatoms. The van der Waals surface area contributed by atoms with Crippen molar-refractivity contribution < 1.29 is 14.6 Å². The Morgan fingerprint density at radius 3 is 2.41 bits per heavy atom. The Balaban J connectivity index is 0.00000441. The molecule has 0 amide bonds. The summed E-state index contributed by atoms with van der Waals surface area (Å²) in [5.41, 5.74) is 1.30. The van der Waals surface area contributed by atoms with Gasteiger partial charge in [0.1, 0.15) is 12.4 Å². The van der Waals surface area contributed by atoms with Crippen molar-refractivity contribution in [3.05, 3.63) is 29.8 Å². The van der Waals surface area contributed by atoms with Crippen molar-refractivity contribution in [2.24, 2.45) is 0 Å². The summed E-state index contributed by atoms with van der Waals surface area (Å²) in [4.78, 5) is 0. The van der Waals surface area contributed by atoms with Gasteiger partial charge in [0, 0.05) is 12.6 Å². The molecule has 128 valence electrons. The number of halogens is 1. The van der Waals surface area contributed by atoms with Crippen molar-refractivity contribution in [1.29, 1.82) is 0 Å². The van der Waals surface area contributed by atoms with Crippen LogP contribution in [0, 0.1) is 0 Å². The van der Waals surface area contributed by atoms with Gasteiger partial charge >= 0.3 is 0 Å². The van der Waals surface area contributed by atoms with Crippen molar-refractivity contribution in [2.45, 2.75) is 45.8 Å². The quantitative estimate of drug-likeness (QED) is 0.612. The van der Waals surface area contributed by atoms with Gasteiger partial charge in [0.15, 0.2) is 0 Å². The number of hydrogen-bond donors (Lipinski definition) is 2. The highest BCUT2D eigenvalue weighted by Gasteiger charge is 2.06. The lowest BCUT2D eigenvalue weighted by Crippen LogP contribution is -2.35. The maximum Gasteiger partial charge on any atom is 0.119 e. The topological polar surface area (TPSA) is 50.7 Å². The summed E-state index contributed by atoms with van der Waals surface area (Å²) < 4.78 is 11.0. The molecule has 0 aliphatic carbocycles. The zero-order valence-corrected chi connectivity index (χ0v) is 14.7. The third-order valence-electron chi connectivity index (χ3n) is 3.45. The maximum absolute atomic E-state index is 9.74. The summed E-state index contributed by atoms with van der Waals surface area (Å²) in [5.74, 6) is 0.856. The Labute approximate surface area is 140 Å². The summed E-state index contributed by atoms with van der Waals surface area (Å²) in [5, 5.41) is 13.0. The van der Waals surface area contributed by atoms with Crippen molar-refractivity contribution in [3.8, 4) is 5.75 Å². The van der Waals surface area contributed by atoms with Crippen LogP contribution in [0.4, 0.5) is 0 Å². The molecule has 1 rings (SSSR count). The van der Waals surface area contributed by atoms with Crippen LogP contribution in [0.5, 0.6) is 5.75 Å². The predicted octanol–water partition coefficient (Wildman–Crippen LogP) is 2.82. The molecular weight excluding hydrogens is 302 g/mol. The first-order valence-corrected chi connectivity index (χ1v) is 7.86. The highest BCUT2D eigenvalue weighted by atomic mass is 35.5. The van der Waals surface area contributed by atoms with Crippen LogP contribution in [0.15, 0.2) is 24.3 Å². The summed E-state index contributed by atoms with van der Waals surface area (Å²) >= 11 is 0. The first-order valence-electron chi connectivity index (χ1n) is 7.86. The molecule has 2 atom stereocenters. The molecule has 0 aromatic heterocycles. The minimum Gasteiger partial charge on any atom is -0.491 e. The highest BCUT2D eigenvalue weighted by Crippen LogP contribution is 2.12. The predicted molar refractivity (Wildman–Crippen MR) is 93.1 cm³/mol. The Morgan fingerprint density at radius 2 is 1.82 bits per heavy atom. The van der Waals surface area contributed by atoms with Crippen LogP contribution in [-0.4, -0.2) is 43.6 Å². The Hall–Kier alpha value is -0.810. The van der Waals surface area contributed by atoms with E-state index in [1.54, 1.807) is 0 Å². The molecule has 0 saturated heterocycles. The van der Waals surface area contributed by atoms with Gasteiger partial charge < -0.3 is 19.9 Å². The van der Waals surface area contributed by atoms with Gasteiger partial charge in [0.05, 0.1) is 19.3 Å². The second-order valence-corrected chi connectivity index (χ2v) is 5.29. The van der Waals surface area contributed by atoms with Crippen LogP contribution in [0.1, 0.15) is 32.8 Å². The van der Waals surface area contributed by atoms with Crippen LogP contribution in [-0.2, 0) is 11.2 Å². The number of rotatable bonds is 11. The van der Waals surface area contributed by atoms with Gasteiger partial charge in [-0.1, -0.05) is 26.0 Å². The Morgan fingerprint density at radius 1 is 1.14 bits per heavy atom. The number of nitrogens with one attached hydrogen (secondary N) is 1. The molecule has 0 aliphatic rings. The molecule has 0 saturated carbocycles. The van der Waals surface area contributed by atoms with Crippen LogP contribution in [0.3, 0.4) is 0 Å². The van der Waals surface area contributed by atoms with Gasteiger partial charge in [-0.05, 0) is 37.5 Å². The number of hydrogen-bond acceptors (Lipinski definition) is 4. The lowest BCUT2D eigenvalue weighted by atomic mass is 10.2. The number of aliphatic hydroxyl groups excluding tert-OH is 1. The van der Waals surface area contributed by atoms with Gasteiger partial charge in [-0.3, -0.25) is 0 Å². The van der Waals surface area contributed by atoms with Crippen molar-refractivity contribution in [3.63, 3.8) is 0 Å². The molecular formula is C17H30ClNO3. The molecule has 0 radical (unpaired) electrons. The summed E-state index contributed by atoms with van der Waals surface area (Å²) in [6.07, 6.45) is 1.62. The van der Waals surface area contributed by atoms with Gasteiger partial charge in [0.25, 0.3) is 0 Å². The lowest BCUT2D eigenvalue weighted by Gasteiger charge is -2.16. The van der Waals surface area contributed by atoms with Crippen molar-refractivity contribution in [1.82, 2.24) is 5.32 Å². The average Bonchev–Trinajstić information content (AvgIpc) is 2.52. The molecule has 0 bridgehead atoms. The lowest BCUT2D eigenvalue weighted by molar-refractivity contribution is 0.0241. The number of ether oxygens (including phenoxy) is 2. The fourth-order valence-corrected chi connectivity index (χ4v) is 1.80. The fourth-order valence-electron chi connectivity index (χ4n) is 1.80. The molecule has 0 spiro atoms. The molecule has 0 heterocycles. The number of benzene rings is 1. The molecule has 0 fully saturated rings. The van der Waals surface area contributed by atoms with E-state index in [-0.39, 0.29) is 12.4 Å². The first kappa shape index (κ1) is 21.2. The summed E-state index contributed by atoms with van der Waals surface area (Å²) in [6, 6.07) is 8.52. The second-order valence-electron chi connectivity index (χ2n) is 5.29. The van der Waals surface area contributed by atoms with E-state index in [1.165, 1.54) is 5.56 Å². The van der Waals surface area contributed by atoms with Crippen molar-refractivity contribution >= 4 is 12.4 Å². The molecule has 1 aromatic rings. The standard InChI is InChI=1S/C17H29NO3.ClH/c1-4-14(3)18-12-16(19)13-20-10-11-21-17-8-6-15(5-2)7-9-17;/h6-9,14,16,18-19H,4-5,10-13H2,1-3H3;1H. The summed E-state index contributed by atoms with van der Waals surface area (Å²) in [7, 11) is 0. The van der Waals surface area contributed by atoms with Crippen LogP contribution in [0.25, 0.3) is 0 Å². The Bertz CT molecular complexity index is 373. The monoisotopic (exact) mass is 331 g/mol. The largest absolute Gasteiger partial charge is 0.491 e. The summed E-state index contributed by atoms with van der Waals surface area (Å²) in [6.45, 7) is 8.23. The third kappa shape index (κ3) is 9.26. The fraction of sp³-hybridized carbons (Fsp3) is 0.647.